The number of ether oxygens (including phenoxy) is 1. The number of benzene rings is 1. The Kier molecular flexibility index (Phi) is 6.83. The fourth-order valence-electron chi connectivity index (χ4n) is 3.19. The van der Waals surface area contributed by atoms with Gasteiger partial charge < -0.3 is 9.84 Å². The lowest BCUT2D eigenvalue weighted by Crippen LogP contribution is -2.51. The molecule has 2 amide bonds. The molecule has 3 N–H and O–H groups in total. The zero-order valence-electron chi connectivity index (χ0n) is 17.0. The number of amides is 2. The number of carboxylic acid groups (broad SMARTS) is 1. The van der Waals surface area contributed by atoms with Crippen molar-refractivity contribution in [2.45, 2.75) is 53.6 Å². The highest BCUT2D eigenvalue weighted by molar-refractivity contribution is 5.88. The van der Waals surface area contributed by atoms with E-state index >= 15 is 0 Å². The third-order valence-electron chi connectivity index (χ3n) is 5.39. The Labute approximate surface area is 165 Å². The predicted octanol–water partition coefficient (Wildman–Crippen LogP) is 2.67. The van der Waals surface area contributed by atoms with Gasteiger partial charge in [0.2, 0.25) is 5.91 Å². The number of aliphatic carboxylic acids is 1. The molecular formula is C21H28N2O5. The molecular weight excluding hydrogens is 360 g/mol. The van der Waals surface area contributed by atoms with E-state index in [0.29, 0.717) is 18.6 Å². The van der Waals surface area contributed by atoms with E-state index in [0.717, 1.165) is 22.3 Å². The summed E-state index contributed by atoms with van der Waals surface area (Å²) >= 11 is 0. The summed E-state index contributed by atoms with van der Waals surface area (Å²) in [6.45, 7) is 9.29. The number of hydrogen-bond donors (Lipinski definition) is 3. The number of carboxylic acids is 1. The summed E-state index contributed by atoms with van der Waals surface area (Å²) in [6, 6.07) is 5.53. The number of aryl methyl sites for hydroxylation is 2. The van der Waals surface area contributed by atoms with E-state index in [1.807, 2.05) is 39.8 Å². The van der Waals surface area contributed by atoms with Gasteiger partial charge in [0.15, 0.2) is 6.10 Å². The summed E-state index contributed by atoms with van der Waals surface area (Å²) < 4.78 is 5.62. The van der Waals surface area contributed by atoms with Crippen LogP contribution in [0.4, 0.5) is 0 Å². The molecule has 152 valence electrons. The lowest BCUT2D eigenvalue weighted by Gasteiger charge is -2.29. The minimum atomic E-state index is -1.01. The lowest BCUT2D eigenvalue weighted by molar-refractivity contribution is -0.148. The van der Waals surface area contributed by atoms with Crippen molar-refractivity contribution >= 4 is 17.8 Å². The van der Waals surface area contributed by atoms with Crippen LogP contribution in [0.2, 0.25) is 0 Å². The van der Waals surface area contributed by atoms with Crippen LogP contribution in [0.5, 0.6) is 5.75 Å². The number of nitrogens with one attached hydrogen (secondary N) is 2. The second-order valence-electron chi connectivity index (χ2n) is 7.50. The lowest BCUT2D eigenvalue weighted by atomic mass is 9.76. The largest absolute Gasteiger partial charge is 0.481 e. The molecule has 7 nitrogen and oxygen atoms in total. The Morgan fingerprint density at radius 1 is 1.00 bits per heavy atom. The van der Waals surface area contributed by atoms with Crippen LogP contribution >= 0.6 is 0 Å². The maximum Gasteiger partial charge on any atom is 0.307 e. The summed E-state index contributed by atoms with van der Waals surface area (Å²) in [7, 11) is 0. The Morgan fingerprint density at radius 3 is 2.18 bits per heavy atom. The Balaban J connectivity index is 1.94. The quantitative estimate of drug-likeness (QED) is 0.531. The average molecular weight is 388 g/mol. The molecule has 0 fully saturated rings. The molecule has 1 aliphatic carbocycles. The van der Waals surface area contributed by atoms with Crippen molar-refractivity contribution in [2.75, 3.05) is 0 Å². The predicted molar refractivity (Wildman–Crippen MR) is 105 cm³/mol. The third kappa shape index (κ3) is 5.12. The van der Waals surface area contributed by atoms with Crippen LogP contribution < -0.4 is 15.6 Å². The molecule has 0 saturated heterocycles. The van der Waals surface area contributed by atoms with Crippen LogP contribution in [-0.4, -0.2) is 29.0 Å². The maximum atomic E-state index is 12.5. The third-order valence-corrected chi connectivity index (χ3v) is 5.39. The molecule has 1 aromatic carbocycles. The number of carbonyl (C=O) groups excluding carboxylic acids is 2. The van der Waals surface area contributed by atoms with Gasteiger partial charge in [0.25, 0.3) is 5.91 Å². The molecule has 0 spiro atoms. The normalized spacial score (nSPS) is 20.3. The standard InChI is InChI=1S/C21H28N2O5/c1-11-6-7-16(8-12(11)2)28-15(5)19(24)22-23-20(25)17-9-13(3)14(4)10-18(17)21(26)27/h6-8,15,17-18H,9-10H2,1-5H3,(H,22,24)(H,23,25)(H,26,27)/t15-,17-,18-/m0/s1. The first kappa shape index (κ1) is 21.5. The van der Waals surface area contributed by atoms with Crippen LogP contribution in [-0.2, 0) is 14.4 Å². The van der Waals surface area contributed by atoms with Crippen LogP contribution in [0, 0.1) is 25.7 Å². The van der Waals surface area contributed by atoms with Gasteiger partial charge in [0.05, 0.1) is 11.8 Å². The highest BCUT2D eigenvalue weighted by Crippen LogP contribution is 2.34. The molecule has 0 radical (unpaired) electrons. The topological polar surface area (TPSA) is 105 Å². The molecule has 0 heterocycles. The van der Waals surface area contributed by atoms with Crippen LogP contribution in [0.15, 0.2) is 29.3 Å². The maximum absolute atomic E-state index is 12.5. The van der Waals surface area contributed by atoms with Gasteiger partial charge in [-0.2, -0.15) is 0 Å². The van der Waals surface area contributed by atoms with Gasteiger partial charge in [-0.15, -0.1) is 0 Å². The van der Waals surface area contributed by atoms with Crippen molar-refractivity contribution in [1.29, 1.82) is 0 Å². The molecule has 2 rings (SSSR count). The van der Waals surface area contributed by atoms with Crippen molar-refractivity contribution in [2.24, 2.45) is 11.8 Å². The van der Waals surface area contributed by atoms with E-state index in [-0.39, 0.29) is 0 Å². The molecule has 0 aromatic heterocycles. The summed E-state index contributed by atoms with van der Waals surface area (Å²) in [4.78, 5) is 36.2. The van der Waals surface area contributed by atoms with Crippen LogP contribution in [0.25, 0.3) is 0 Å². The zero-order valence-corrected chi connectivity index (χ0v) is 17.0. The van der Waals surface area contributed by atoms with Gasteiger partial charge in [-0.1, -0.05) is 17.2 Å². The Hall–Kier alpha value is -2.83. The van der Waals surface area contributed by atoms with Crippen molar-refractivity contribution in [1.82, 2.24) is 10.9 Å². The van der Waals surface area contributed by atoms with Crippen LogP contribution in [0.3, 0.4) is 0 Å². The van der Waals surface area contributed by atoms with E-state index in [4.69, 9.17) is 4.74 Å². The summed E-state index contributed by atoms with van der Waals surface area (Å²) in [5, 5.41) is 9.42. The fourth-order valence-corrected chi connectivity index (χ4v) is 3.19. The van der Waals surface area contributed by atoms with Crippen LogP contribution in [0.1, 0.15) is 44.7 Å². The number of hydrazine groups is 1. The van der Waals surface area contributed by atoms with Crippen molar-refractivity contribution in [3.8, 4) is 5.75 Å². The average Bonchev–Trinajstić information content (AvgIpc) is 2.64. The SMILES string of the molecule is CC1=C(C)C[C@H](C(=O)NNC(=O)[C@H](C)Oc2ccc(C)c(C)c2)[C@@H](C(=O)O)C1. The molecule has 0 saturated carbocycles. The van der Waals surface area contributed by atoms with Gasteiger partial charge in [0, 0.05) is 0 Å². The molecule has 1 aliphatic rings. The van der Waals surface area contributed by atoms with Gasteiger partial charge in [-0.05, 0) is 70.7 Å². The van der Waals surface area contributed by atoms with Gasteiger partial charge >= 0.3 is 5.97 Å². The zero-order chi connectivity index (χ0) is 21.0. The smallest absolute Gasteiger partial charge is 0.307 e. The minimum Gasteiger partial charge on any atom is -0.481 e. The molecule has 1 aromatic rings. The second-order valence-corrected chi connectivity index (χ2v) is 7.50. The monoisotopic (exact) mass is 388 g/mol. The molecule has 28 heavy (non-hydrogen) atoms. The Bertz CT molecular complexity index is 815. The highest BCUT2D eigenvalue weighted by Gasteiger charge is 2.37. The summed E-state index contributed by atoms with van der Waals surface area (Å²) in [6.07, 6.45) is -0.133. The minimum absolute atomic E-state index is 0.333. The van der Waals surface area contributed by atoms with E-state index in [1.54, 1.807) is 13.0 Å². The number of allylic oxidation sites excluding steroid dienone is 2. The first-order chi connectivity index (χ1) is 13.1. The van der Waals surface area contributed by atoms with Crippen molar-refractivity contribution in [3.05, 3.63) is 40.5 Å². The molecule has 0 aliphatic heterocycles. The number of rotatable bonds is 5. The van der Waals surface area contributed by atoms with Gasteiger partial charge in [0.1, 0.15) is 5.75 Å². The number of carbonyl (C=O) groups is 3. The van der Waals surface area contributed by atoms with E-state index in [1.165, 1.54) is 0 Å². The summed E-state index contributed by atoms with van der Waals surface area (Å²) in [5.41, 5.74) is 8.87. The molecule has 0 bridgehead atoms. The molecule has 3 atom stereocenters. The Morgan fingerprint density at radius 2 is 1.61 bits per heavy atom. The van der Waals surface area contributed by atoms with Crippen molar-refractivity contribution < 1.29 is 24.2 Å². The highest BCUT2D eigenvalue weighted by atomic mass is 16.5. The van der Waals surface area contributed by atoms with E-state index in [2.05, 4.69) is 10.9 Å². The van der Waals surface area contributed by atoms with Gasteiger partial charge in [-0.3, -0.25) is 25.2 Å². The fraction of sp³-hybridized carbons (Fsp3) is 0.476. The van der Waals surface area contributed by atoms with E-state index < -0.39 is 35.7 Å². The molecule has 0 unspecified atom stereocenters. The first-order valence-corrected chi connectivity index (χ1v) is 9.31. The second kappa shape index (κ2) is 8.91. The first-order valence-electron chi connectivity index (χ1n) is 9.31. The van der Waals surface area contributed by atoms with Gasteiger partial charge in [-0.25, -0.2) is 0 Å². The molecule has 7 heteroatoms. The number of hydrogen-bond acceptors (Lipinski definition) is 4. The summed E-state index contributed by atoms with van der Waals surface area (Å²) in [5.74, 6) is -3.00. The van der Waals surface area contributed by atoms with E-state index in [9.17, 15) is 19.5 Å². The van der Waals surface area contributed by atoms with Crippen molar-refractivity contribution in [3.63, 3.8) is 0 Å².